The maximum Gasteiger partial charge on any atom is 0.243 e. The van der Waals surface area contributed by atoms with E-state index < -0.39 is 10.0 Å². The lowest BCUT2D eigenvalue weighted by Gasteiger charge is -2.30. The third-order valence-corrected chi connectivity index (χ3v) is 7.28. The van der Waals surface area contributed by atoms with Crippen molar-refractivity contribution < 1.29 is 13.2 Å². The molecule has 2 N–H and O–H groups in total. The molecule has 1 amide bonds. The number of hydrogen-bond acceptors (Lipinski definition) is 5. The lowest BCUT2D eigenvalue weighted by molar-refractivity contribution is -0.126. The van der Waals surface area contributed by atoms with E-state index >= 15 is 0 Å². The standard InChI is InChI=1S/C18H25N5O3S2/c1-3-23-16(20-21-18(23)27)12-19-17(24)14-8-10-22(11-9-14)28(25,26)15-6-4-13(2)5-7-15/h4-7,14H,3,8-12H2,1-2H3,(H,19,24)(H,21,27). The molecule has 1 aliphatic heterocycles. The van der Waals surface area contributed by atoms with Gasteiger partial charge in [0.1, 0.15) is 0 Å². The number of carbonyl (C=O) groups excluding carboxylic acids is 1. The lowest BCUT2D eigenvalue weighted by Crippen LogP contribution is -2.43. The van der Waals surface area contributed by atoms with Crippen LogP contribution in [0.3, 0.4) is 0 Å². The molecule has 1 fully saturated rings. The Labute approximate surface area is 170 Å². The second-order valence-corrected chi connectivity index (χ2v) is 9.22. The van der Waals surface area contributed by atoms with E-state index in [9.17, 15) is 13.2 Å². The maximum atomic E-state index is 12.8. The summed E-state index contributed by atoms with van der Waals surface area (Å²) in [4.78, 5) is 12.8. The molecular formula is C18H25N5O3S2. The maximum absolute atomic E-state index is 12.8. The molecule has 0 aliphatic carbocycles. The highest BCUT2D eigenvalue weighted by Gasteiger charge is 2.32. The summed E-state index contributed by atoms with van der Waals surface area (Å²) in [5.74, 6) is 0.394. The quantitative estimate of drug-likeness (QED) is 0.692. The SMILES string of the molecule is CCn1c(CNC(=O)C2CCN(S(=O)(=O)c3ccc(C)cc3)CC2)n[nH]c1=S. The Morgan fingerprint density at radius 3 is 2.54 bits per heavy atom. The number of piperidine rings is 1. The van der Waals surface area contributed by atoms with Crippen LogP contribution in [0.15, 0.2) is 29.2 Å². The number of amides is 1. The Kier molecular flexibility index (Phi) is 6.31. The summed E-state index contributed by atoms with van der Waals surface area (Å²) >= 11 is 5.14. The molecule has 3 rings (SSSR count). The average Bonchev–Trinajstić information content (AvgIpc) is 3.06. The van der Waals surface area contributed by atoms with Crippen molar-refractivity contribution in [2.75, 3.05) is 13.1 Å². The number of aryl methyl sites for hydroxylation is 1. The highest BCUT2D eigenvalue weighted by atomic mass is 32.2. The minimum atomic E-state index is -3.52. The second kappa shape index (κ2) is 8.54. The summed E-state index contributed by atoms with van der Waals surface area (Å²) in [7, 11) is -3.52. The summed E-state index contributed by atoms with van der Waals surface area (Å²) in [5, 5.41) is 9.75. The Morgan fingerprint density at radius 1 is 1.29 bits per heavy atom. The molecule has 152 valence electrons. The number of aromatic nitrogens is 3. The van der Waals surface area contributed by atoms with E-state index in [2.05, 4.69) is 15.5 Å². The predicted octanol–water partition coefficient (Wildman–Crippen LogP) is 1.99. The van der Waals surface area contributed by atoms with Gasteiger partial charge in [-0.05, 0) is 51.0 Å². The van der Waals surface area contributed by atoms with Crippen LogP contribution in [-0.4, -0.2) is 46.5 Å². The van der Waals surface area contributed by atoms with Crippen molar-refractivity contribution in [1.29, 1.82) is 0 Å². The van der Waals surface area contributed by atoms with E-state index in [1.807, 2.05) is 18.4 Å². The zero-order valence-corrected chi connectivity index (χ0v) is 17.6. The number of nitrogens with one attached hydrogen (secondary N) is 2. The zero-order chi connectivity index (χ0) is 20.3. The van der Waals surface area contributed by atoms with Gasteiger partial charge in [0.2, 0.25) is 15.9 Å². The summed E-state index contributed by atoms with van der Waals surface area (Å²) in [6, 6.07) is 6.84. The number of H-pyrrole nitrogens is 1. The highest BCUT2D eigenvalue weighted by molar-refractivity contribution is 7.89. The summed E-state index contributed by atoms with van der Waals surface area (Å²) in [6.45, 7) is 5.52. The van der Waals surface area contributed by atoms with E-state index in [0.29, 0.717) is 54.5 Å². The van der Waals surface area contributed by atoms with E-state index in [-0.39, 0.29) is 11.8 Å². The summed E-state index contributed by atoms with van der Waals surface area (Å²) < 4.78 is 29.3. The van der Waals surface area contributed by atoms with Gasteiger partial charge < -0.3 is 9.88 Å². The number of sulfonamides is 1. The Morgan fingerprint density at radius 2 is 1.93 bits per heavy atom. The topological polar surface area (TPSA) is 100 Å². The fourth-order valence-corrected chi connectivity index (χ4v) is 5.09. The van der Waals surface area contributed by atoms with Gasteiger partial charge in [-0.25, -0.2) is 8.42 Å². The molecule has 0 saturated carbocycles. The van der Waals surface area contributed by atoms with E-state index in [1.165, 1.54) is 4.31 Å². The molecule has 1 aliphatic rings. The van der Waals surface area contributed by atoms with Crippen LogP contribution in [0.2, 0.25) is 0 Å². The van der Waals surface area contributed by atoms with Crippen molar-refractivity contribution in [3.05, 3.63) is 40.4 Å². The number of benzene rings is 1. The highest BCUT2D eigenvalue weighted by Crippen LogP contribution is 2.24. The number of aromatic amines is 1. The molecule has 28 heavy (non-hydrogen) atoms. The van der Waals surface area contributed by atoms with Gasteiger partial charge in [-0.3, -0.25) is 9.89 Å². The van der Waals surface area contributed by atoms with Crippen LogP contribution in [0.1, 0.15) is 31.2 Å². The van der Waals surface area contributed by atoms with Crippen LogP contribution in [0.4, 0.5) is 0 Å². The van der Waals surface area contributed by atoms with Gasteiger partial charge in [0.15, 0.2) is 10.6 Å². The lowest BCUT2D eigenvalue weighted by atomic mass is 9.97. The van der Waals surface area contributed by atoms with Crippen LogP contribution in [0, 0.1) is 17.6 Å². The molecule has 1 aromatic carbocycles. The zero-order valence-electron chi connectivity index (χ0n) is 16.0. The Bertz CT molecular complexity index is 987. The Hall–Kier alpha value is -2.04. The fraction of sp³-hybridized carbons (Fsp3) is 0.500. The second-order valence-electron chi connectivity index (χ2n) is 6.90. The van der Waals surface area contributed by atoms with Gasteiger partial charge >= 0.3 is 0 Å². The monoisotopic (exact) mass is 423 g/mol. The third kappa shape index (κ3) is 4.34. The van der Waals surface area contributed by atoms with Crippen LogP contribution in [-0.2, 0) is 27.9 Å². The van der Waals surface area contributed by atoms with E-state index in [1.54, 1.807) is 24.3 Å². The van der Waals surface area contributed by atoms with E-state index in [0.717, 1.165) is 5.56 Å². The minimum Gasteiger partial charge on any atom is -0.349 e. The van der Waals surface area contributed by atoms with Gasteiger partial charge in [-0.1, -0.05) is 17.7 Å². The van der Waals surface area contributed by atoms with Gasteiger partial charge in [0.25, 0.3) is 0 Å². The van der Waals surface area contributed by atoms with Crippen molar-refractivity contribution in [3.63, 3.8) is 0 Å². The largest absolute Gasteiger partial charge is 0.349 e. The first-order valence-electron chi connectivity index (χ1n) is 9.31. The molecule has 0 radical (unpaired) electrons. The minimum absolute atomic E-state index is 0.0797. The van der Waals surface area contributed by atoms with Gasteiger partial charge in [0, 0.05) is 25.6 Å². The van der Waals surface area contributed by atoms with Gasteiger partial charge in [-0.15, -0.1) is 0 Å². The van der Waals surface area contributed by atoms with Crippen LogP contribution >= 0.6 is 12.2 Å². The smallest absolute Gasteiger partial charge is 0.243 e. The molecule has 1 saturated heterocycles. The fourth-order valence-electron chi connectivity index (χ4n) is 3.34. The summed E-state index contributed by atoms with van der Waals surface area (Å²) in [5.41, 5.74) is 1.01. The van der Waals surface area contributed by atoms with Gasteiger partial charge in [-0.2, -0.15) is 9.40 Å². The molecule has 0 spiro atoms. The first kappa shape index (κ1) is 20.7. The molecule has 0 atom stereocenters. The summed E-state index contributed by atoms with van der Waals surface area (Å²) in [6.07, 6.45) is 0.995. The van der Waals surface area contributed by atoms with Crippen LogP contribution in [0.25, 0.3) is 0 Å². The molecule has 2 aromatic rings. The van der Waals surface area contributed by atoms with Crippen molar-refractivity contribution in [3.8, 4) is 0 Å². The van der Waals surface area contributed by atoms with Crippen molar-refractivity contribution >= 4 is 28.1 Å². The molecule has 8 nitrogen and oxygen atoms in total. The molecular weight excluding hydrogens is 398 g/mol. The first-order valence-corrected chi connectivity index (χ1v) is 11.2. The molecule has 0 unspecified atom stereocenters. The first-order chi connectivity index (χ1) is 13.3. The van der Waals surface area contributed by atoms with Crippen molar-refractivity contribution in [2.24, 2.45) is 5.92 Å². The number of carbonyl (C=O) groups is 1. The Balaban J connectivity index is 1.56. The van der Waals surface area contributed by atoms with E-state index in [4.69, 9.17) is 12.2 Å². The van der Waals surface area contributed by atoms with Crippen LogP contribution < -0.4 is 5.32 Å². The average molecular weight is 424 g/mol. The van der Waals surface area contributed by atoms with Gasteiger partial charge in [0.05, 0.1) is 11.4 Å². The molecule has 0 bridgehead atoms. The van der Waals surface area contributed by atoms with Crippen molar-refractivity contribution in [1.82, 2.24) is 24.4 Å². The third-order valence-electron chi connectivity index (χ3n) is 5.06. The number of nitrogens with zero attached hydrogens (tertiary/aromatic N) is 3. The number of rotatable bonds is 6. The number of hydrogen-bond donors (Lipinski definition) is 2. The molecule has 1 aromatic heterocycles. The predicted molar refractivity (Wildman–Crippen MR) is 108 cm³/mol. The van der Waals surface area contributed by atoms with Crippen LogP contribution in [0.5, 0.6) is 0 Å². The molecule has 2 heterocycles. The normalized spacial score (nSPS) is 16.2. The van der Waals surface area contributed by atoms with Crippen molar-refractivity contribution in [2.45, 2.75) is 44.7 Å². The molecule has 10 heteroatoms.